The molecule has 3 heteroatoms. The number of methoxy groups -OCH3 is 1. The van der Waals surface area contributed by atoms with Crippen molar-refractivity contribution in [3.8, 4) is 5.75 Å². The molecule has 1 aromatic carbocycles. The predicted octanol–water partition coefficient (Wildman–Crippen LogP) is 3.39. The monoisotopic (exact) mass is 285 g/mol. The quantitative estimate of drug-likeness (QED) is 0.865. The Labute approximate surface area is 107 Å². The maximum Gasteiger partial charge on any atom is 0.122 e. The van der Waals surface area contributed by atoms with Crippen LogP contribution in [-0.4, -0.2) is 19.7 Å². The molecule has 0 saturated carbocycles. The first-order valence-corrected chi connectivity index (χ1v) is 6.56. The van der Waals surface area contributed by atoms with Crippen LogP contribution in [0.4, 0.5) is 0 Å². The lowest BCUT2D eigenvalue weighted by Gasteiger charge is -2.17. The van der Waals surface area contributed by atoms with Crippen LogP contribution >= 0.6 is 15.9 Å². The first-order valence-electron chi connectivity index (χ1n) is 5.77. The van der Waals surface area contributed by atoms with Crippen molar-refractivity contribution in [3.05, 3.63) is 28.2 Å². The second-order valence-electron chi connectivity index (χ2n) is 3.82. The standard InChI is InChI=1S/C13H20BrNO/c1-4-12(15-5-2)9-10-8-11(14)6-7-13(10)16-3/h6-8,12,15H,4-5,9H2,1-3H3. The molecule has 0 fully saturated rings. The summed E-state index contributed by atoms with van der Waals surface area (Å²) in [6.45, 7) is 5.35. The first kappa shape index (κ1) is 13.5. The number of likely N-dealkylation sites (N-methyl/N-ethyl adjacent to an activating group) is 1. The van der Waals surface area contributed by atoms with Gasteiger partial charge in [0, 0.05) is 10.5 Å². The second kappa shape index (κ2) is 6.92. The van der Waals surface area contributed by atoms with Crippen LogP contribution in [0.2, 0.25) is 0 Å². The van der Waals surface area contributed by atoms with Crippen molar-refractivity contribution < 1.29 is 4.74 Å². The number of ether oxygens (including phenoxy) is 1. The number of hydrogen-bond acceptors (Lipinski definition) is 2. The van der Waals surface area contributed by atoms with Gasteiger partial charge in [0.15, 0.2) is 0 Å². The molecular weight excluding hydrogens is 266 g/mol. The SMILES string of the molecule is CCNC(CC)Cc1cc(Br)ccc1OC. The molecule has 1 unspecified atom stereocenters. The zero-order valence-electron chi connectivity index (χ0n) is 10.2. The van der Waals surface area contributed by atoms with Crippen molar-refractivity contribution in [3.63, 3.8) is 0 Å². The summed E-state index contributed by atoms with van der Waals surface area (Å²) in [7, 11) is 1.72. The third kappa shape index (κ3) is 3.80. The molecule has 0 bridgehead atoms. The summed E-state index contributed by atoms with van der Waals surface area (Å²) >= 11 is 3.50. The molecule has 1 N–H and O–H groups in total. The van der Waals surface area contributed by atoms with Gasteiger partial charge in [0.05, 0.1) is 7.11 Å². The highest BCUT2D eigenvalue weighted by molar-refractivity contribution is 9.10. The van der Waals surface area contributed by atoms with Gasteiger partial charge in [0.2, 0.25) is 0 Å². The molecule has 2 nitrogen and oxygen atoms in total. The molecule has 0 amide bonds. The summed E-state index contributed by atoms with van der Waals surface area (Å²) in [5.74, 6) is 0.972. The molecule has 90 valence electrons. The van der Waals surface area contributed by atoms with Gasteiger partial charge in [-0.25, -0.2) is 0 Å². The minimum absolute atomic E-state index is 0.521. The molecule has 1 aromatic rings. The Balaban J connectivity index is 2.80. The first-order chi connectivity index (χ1) is 7.71. The van der Waals surface area contributed by atoms with Crippen LogP contribution in [0.3, 0.4) is 0 Å². The van der Waals surface area contributed by atoms with Crippen LogP contribution in [0.1, 0.15) is 25.8 Å². The van der Waals surface area contributed by atoms with Crippen LogP contribution in [0.5, 0.6) is 5.75 Å². The summed E-state index contributed by atoms with van der Waals surface area (Å²) in [5, 5.41) is 3.48. The van der Waals surface area contributed by atoms with Gasteiger partial charge in [-0.2, -0.15) is 0 Å². The molecule has 0 saturated heterocycles. The largest absolute Gasteiger partial charge is 0.496 e. The summed E-state index contributed by atoms with van der Waals surface area (Å²) in [6, 6.07) is 6.68. The molecule has 0 spiro atoms. The van der Waals surface area contributed by atoms with Crippen molar-refractivity contribution in [2.75, 3.05) is 13.7 Å². The lowest BCUT2D eigenvalue weighted by atomic mass is 10.0. The summed E-state index contributed by atoms with van der Waals surface area (Å²) in [6.07, 6.45) is 2.14. The molecule has 16 heavy (non-hydrogen) atoms. The lowest BCUT2D eigenvalue weighted by molar-refractivity contribution is 0.404. The fraction of sp³-hybridized carbons (Fsp3) is 0.538. The third-order valence-electron chi connectivity index (χ3n) is 2.69. The van der Waals surface area contributed by atoms with E-state index in [1.165, 1.54) is 5.56 Å². The minimum Gasteiger partial charge on any atom is -0.496 e. The van der Waals surface area contributed by atoms with Crippen molar-refractivity contribution in [1.82, 2.24) is 5.32 Å². The van der Waals surface area contributed by atoms with Crippen LogP contribution in [-0.2, 0) is 6.42 Å². The highest BCUT2D eigenvalue weighted by Crippen LogP contribution is 2.24. The van der Waals surface area contributed by atoms with E-state index < -0.39 is 0 Å². The molecule has 1 atom stereocenters. The van der Waals surface area contributed by atoms with Gasteiger partial charge < -0.3 is 10.1 Å². The van der Waals surface area contributed by atoms with E-state index in [1.807, 2.05) is 12.1 Å². The molecule has 0 aromatic heterocycles. The number of hydrogen-bond donors (Lipinski definition) is 1. The van der Waals surface area contributed by atoms with Crippen LogP contribution in [0, 0.1) is 0 Å². The predicted molar refractivity (Wildman–Crippen MR) is 72.2 cm³/mol. The molecule has 0 aliphatic rings. The maximum absolute atomic E-state index is 5.38. The van der Waals surface area contributed by atoms with E-state index >= 15 is 0 Å². The van der Waals surface area contributed by atoms with Gasteiger partial charge in [0.1, 0.15) is 5.75 Å². The summed E-state index contributed by atoms with van der Waals surface area (Å²) < 4.78 is 6.48. The Morgan fingerprint density at radius 2 is 2.12 bits per heavy atom. The Bertz CT molecular complexity index is 328. The van der Waals surface area contributed by atoms with Gasteiger partial charge in [-0.1, -0.05) is 29.8 Å². The van der Waals surface area contributed by atoms with E-state index in [2.05, 4.69) is 41.2 Å². The zero-order chi connectivity index (χ0) is 12.0. The topological polar surface area (TPSA) is 21.3 Å². The van der Waals surface area contributed by atoms with Gasteiger partial charge in [-0.05, 0) is 43.1 Å². The molecule has 1 rings (SSSR count). The molecule has 0 radical (unpaired) electrons. The van der Waals surface area contributed by atoms with E-state index in [-0.39, 0.29) is 0 Å². The summed E-state index contributed by atoms with van der Waals surface area (Å²) in [5.41, 5.74) is 1.25. The average molecular weight is 286 g/mol. The molecular formula is C13H20BrNO. The Kier molecular flexibility index (Phi) is 5.85. The lowest BCUT2D eigenvalue weighted by Crippen LogP contribution is -2.30. The number of nitrogens with one attached hydrogen (secondary N) is 1. The molecule has 0 heterocycles. The second-order valence-corrected chi connectivity index (χ2v) is 4.74. The minimum atomic E-state index is 0.521. The molecule has 0 aliphatic carbocycles. The summed E-state index contributed by atoms with van der Waals surface area (Å²) in [4.78, 5) is 0. The van der Waals surface area contributed by atoms with Crippen LogP contribution in [0.25, 0.3) is 0 Å². The fourth-order valence-electron chi connectivity index (χ4n) is 1.82. The normalized spacial score (nSPS) is 12.5. The van der Waals surface area contributed by atoms with E-state index in [0.29, 0.717) is 6.04 Å². The van der Waals surface area contributed by atoms with Crippen LogP contribution < -0.4 is 10.1 Å². The third-order valence-corrected chi connectivity index (χ3v) is 3.19. The average Bonchev–Trinajstić information content (AvgIpc) is 2.29. The smallest absolute Gasteiger partial charge is 0.122 e. The number of rotatable bonds is 6. The van der Waals surface area contributed by atoms with Crippen molar-refractivity contribution in [2.45, 2.75) is 32.7 Å². The molecule has 0 aliphatic heterocycles. The number of benzene rings is 1. The van der Waals surface area contributed by atoms with E-state index in [9.17, 15) is 0 Å². The van der Waals surface area contributed by atoms with Gasteiger partial charge >= 0.3 is 0 Å². The van der Waals surface area contributed by atoms with Gasteiger partial charge in [-0.15, -0.1) is 0 Å². The van der Waals surface area contributed by atoms with Gasteiger partial charge in [-0.3, -0.25) is 0 Å². The van der Waals surface area contributed by atoms with Gasteiger partial charge in [0.25, 0.3) is 0 Å². The van der Waals surface area contributed by atoms with Crippen molar-refractivity contribution >= 4 is 15.9 Å². The van der Waals surface area contributed by atoms with Crippen LogP contribution in [0.15, 0.2) is 22.7 Å². The van der Waals surface area contributed by atoms with Crippen molar-refractivity contribution in [2.24, 2.45) is 0 Å². The Hall–Kier alpha value is -0.540. The van der Waals surface area contributed by atoms with E-state index in [4.69, 9.17) is 4.74 Å². The Morgan fingerprint density at radius 3 is 2.69 bits per heavy atom. The highest BCUT2D eigenvalue weighted by Gasteiger charge is 2.10. The van der Waals surface area contributed by atoms with E-state index in [0.717, 1.165) is 29.6 Å². The number of halogens is 1. The van der Waals surface area contributed by atoms with Crippen molar-refractivity contribution in [1.29, 1.82) is 0 Å². The zero-order valence-corrected chi connectivity index (χ0v) is 11.8. The fourth-order valence-corrected chi connectivity index (χ4v) is 2.23. The Morgan fingerprint density at radius 1 is 1.38 bits per heavy atom. The highest BCUT2D eigenvalue weighted by atomic mass is 79.9. The van der Waals surface area contributed by atoms with E-state index in [1.54, 1.807) is 7.11 Å². The maximum atomic E-state index is 5.38.